The monoisotopic (exact) mass is 614 g/mol. The van der Waals surface area contributed by atoms with Gasteiger partial charge in [0, 0.05) is 56.2 Å². The van der Waals surface area contributed by atoms with Gasteiger partial charge in [-0.15, -0.1) is 0 Å². The number of rotatable bonds is 8. The fourth-order valence-corrected chi connectivity index (χ4v) is 5.57. The van der Waals surface area contributed by atoms with Gasteiger partial charge in [-0.25, -0.2) is 13.6 Å². The number of aromatic nitrogens is 3. The highest BCUT2D eigenvalue weighted by Gasteiger charge is 2.35. The van der Waals surface area contributed by atoms with E-state index in [1.54, 1.807) is 41.4 Å². The SMILES string of the molecule is Cc1c(N2CCN(Cc3cncc(F)c3)CC2)c(=O)n(CC(N)c2ccccc2)c(=O)n1Cc1c(F)cccc1C(F)(F)F. The van der Waals surface area contributed by atoms with Crippen molar-refractivity contribution in [3.8, 4) is 0 Å². The third-order valence-electron chi connectivity index (χ3n) is 7.86. The summed E-state index contributed by atoms with van der Waals surface area (Å²) in [5, 5.41) is 0. The lowest BCUT2D eigenvalue weighted by atomic mass is 10.1. The van der Waals surface area contributed by atoms with Crippen molar-refractivity contribution in [2.75, 3.05) is 31.1 Å². The molecular formula is C31H31F5N6O2. The molecular weight excluding hydrogens is 583 g/mol. The van der Waals surface area contributed by atoms with Crippen molar-refractivity contribution in [2.24, 2.45) is 5.73 Å². The van der Waals surface area contributed by atoms with E-state index < -0.39 is 52.8 Å². The van der Waals surface area contributed by atoms with Gasteiger partial charge in [-0.05, 0) is 36.2 Å². The summed E-state index contributed by atoms with van der Waals surface area (Å²) in [6.45, 7) is 2.55. The maximum absolute atomic E-state index is 14.9. The van der Waals surface area contributed by atoms with Crippen molar-refractivity contribution in [1.29, 1.82) is 0 Å². The zero-order valence-corrected chi connectivity index (χ0v) is 23.9. The van der Waals surface area contributed by atoms with Crippen LogP contribution < -0.4 is 21.9 Å². The Kier molecular flexibility index (Phi) is 8.97. The minimum atomic E-state index is -4.87. The van der Waals surface area contributed by atoms with E-state index in [1.807, 2.05) is 0 Å². The van der Waals surface area contributed by atoms with Crippen LogP contribution in [0.1, 0.15) is 34.0 Å². The molecule has 2 aromatic carbocycles. The number of hydrogen-bond acceptors (Lipinski definition) is 6. The van der Waals surface area contributed by atoms with Crippen LogP contribution in [-0.4, -0.2) is 45.2 Å². The number of alkyl halides is 3. The van der Waals surface area contributed by atoms with Crippen molar-refractivity contribution >= 4 is 5.69 Å². The summed E-state index contributed by atoms with van der Waals surface area (Å²) in [4.78, 5) is 35.4. The van der Waals surface area contributed by atoms with Crippen molar-refractivity contribution in [3.05, 3.63) is 127 Å². The van der Waals surface area contributed by atoms with Crippen LogP contribution in [0.3, 0.4) is 0 Å². The number of nitrogens with zero attached hydrogens (tertiary/aromatic N) is 5. The van der Waals surface area contributed by atoms with E-state index in [-0.39, 0.29) is 17.9 Å². The maximum atomic E-state index is 14.9. The number of piperazine rings is 1. The summed E-state index contributed by atoms with van der Waals surface area (Å²) in [7, 11) is 0. The normalized spacial score (nSPS) is 15.0. The Bertz CT molecular complexity index is 1750. The first-order valence-corrected chi connectivity index (χ1v) is 14.0. The lowest BCUT2D eigenvalue weighted by Gasteiger charge is -2.37. The molecule has 44 heavy (non-hydrogen) atoms. The molecule has 5 rings (SSSR count). The topological polar surface area (TPSA) is 89.4 Å². The maximum Gasteiger partial charge on any atom is 0.416 e. The third kappa shape index (κ3) is 6.58. The number of halogens is 5. The van der Waals surface area contributed by atoms with Crippen molar-refractivity contribution < 1.29 is 22.0 Å². The molecule has 0 radical (unpaired) electrons. The van der Waals surface area contributed by atoms with E-state index in [0.29, 0.717) is 43.9 Å². The van der Waals surface area contributed by atoms with Crippen LogP contribution in [0.4, 0.5) is 27.6 Å². The number of anilines is 1. The highest BCUT2D eigenvalue weighted by Crippen LogP contribution is 2.33. The molecule has 0 aliphatic carbocycles. The van der Waals surface area contributed by atoms with Gasteiger partial charge < -0.3 is 10.6 Å². The molecule has 8 nitrogen and oxygen atoms in total. The van der Waals surface area contributed by atoms with E-state index in [2.05, 4.69) is 9.88 Å². The van der Waals surface area contributed by atoms with Crippen LogP contribution in [0, 0.1) is 18.6 Å². The first-order valence-electron chi connectivity index (χ1n) is 14.0. The number of nitrogens with two attached hydrogens (primary N) is 1. The summed E-state index contributed by atoms with van der Waals surface area (Å²) in [6.07, 6.45) is -2.18. The molecule has 1 aliphatic rings. The molecule has 1 aliphatic heterocycles. The van der Waals surface area contributed by atoms with Crippen molar-refractivity contribution in [3.63, 3.8) is 0 Å². The first-order chi connectivity index (χ1) is 20.9. The summed E-state index contributed by atoms with van der Waals surface area (Å²) in [5.41, 5.74) is 4.51. The molecule has 3 heterocycles. The van der Waals surface area contributed by atoms with Crippen LogP contribution in [0.25, 0.3) is 0 Å². The van der Waals surface area contributed by atoms with Gasteiger partial charge in [-0.2, -0.15) is 13.2 Å². The second-order valence-corrected chi connectivity index (χ2v) is 10.8. The van der Waals surface area contributed by atoms with Gasteiger partial charge in [-0.3, -0.25) is 23.8 Å². The Balaban J connectivity index is 1.54. The molecule has 4 aromatic rings. The molecule has 1 atom stereocenters. The average molecular weight is 615 g/mol. The molecule has 2 N–H and O–H groups in total. The second-order valence-electron chi connectivity index (χ2n) is 10.8. The smallest absolute Gasteiger partial charge is 0.363 e. The molecule has 0 spiro atoms. The lowest BCUT2D eigenvalue weighted by molar-refractivity contribution is -0.138. The third-order valence-corrected chi connectivity index (χ3v) is 7.86. The van der Waals surface area contributed by atoms with Gasteiger partial charge in [0.1, 0.15) is 17.3 Å². The molecule has 1 fully saturated rings. The van der Waals surface area contributed by atoms with Crippen LogP contribution in [-0.2, 0) is 25.8 Å². The van der Waals surface area contributed by atoms with Crippen LogP contribution in [0.5, 0.6) is 0 Å². The number of hydrogen-bond donors (Lipinski definition) is 1. The highest BCUT2D eigenvalue weighted by atomic mass is 19.4. The fraction of sp³-hybridized carbons (Fsp3) is 0.323. The Labute approximate surface area is 249 Å². The van der Waals surface area contributed by atoms with Crippen LogP contribution >= 0.6 is 0 Å². The minimum Gasteiger partial charge on any atom is -0.363 e. The Hall–Kier alpha value is -4.36. The molecule has 2 aromatic heterocycles. The minimum absolute atomic E-state index is 0.115. The number of pyridine rings is 1. The zero-order valence-electron chi connectivity index (χ0n) is 23.9. The molecule has 0 amide bonds. The van der Waals surface area contributed by atoms with Gasteiger partial charge in [0.05, 0.1) is 24.8 Å². The van der Waals surface area contributed by atoms with Gasteiger partial charge in [0.2, 0.25) is 0 Å². The molecule has 1 unspecified atom stereocenters. The zero-order chi connectivity index (χ0) is 31.6. The van der Waals surface area contributed by atoms with Gasteiger partial charge in [0.25, 0.3) is 5.56 Å². The van der Waals surface area contributed by atoms with E-state index in [0.717, 1.165) is 33.5 Å². The van der Waals surface area contributed by atoms with Crippen molar-refractivity contribution in [2.45, 2.75) is 38.8 Å². The molecule has 0 saturated carbocycles. The fourth-order valence-electron chi connectivity index (χ4n) is 5.57. The second kappa shape index (κ2) is 12.7. The highest BCUT2D eigenvalue weighted by molar-refractivity contribution is 5.50. The number of benzene rings is 2. The van der Waals surface area contributed by atoms with Crippen LogP contribution in [0.2, 0.25) is 0 Å². The standard InChI is InChI=1S/C31H31F5N6O2/c1-20-28(40-12-10-39(11-13-40)17-21-14-23(32)16-38-15-21)29(43)42(19-27(37)22-6-3-2-4-7-22)30(44)41(20)18-24-25(31(34,35)36)8-5-9-26(24)33/h2-9,14-16,27H,10-13,17-19,37H2,1H3. The molecule has 0 bridgehead atoms. The summed E-state index contributed by atoms with van der Waals surface area (Å²) >= 11 is 0. The lowest BCUT2D eigenvalue weighted by Crippen LogP contribution is -2.51. The van der Waals surface area contributed by atoms with E-state index in [1.165, 1.54) is 13.0 Å². The summed E-state index contributed by atoms with van der Waals surface area (Å²) in [5.74, 6) is -1.57. The van der Waals surface area contributed by atoms with Gasteiger partial charge >= 0.3 is 11.9 Å². The van der Waals surface area contributed by atoms with Gasteiger partial charge in [-0.1, -0.05) is 36.4 Å². The first kappa shape index (κ1) is 31.1. The predicted octanol–water partition coefficient (Wildman–Crippen LogP) is 4.08. The largest absolute Gasteiger partial charge is 0.416 e. The van der Waals surface area contributed by atoms with Crippen molar-refractivity contribution in [1.82, 2.24) is 19.0 Å². The van der Waals surface area contributed by atoms with E-state index >= 15 is 0 Å². The Morgan fingerprint density at radius 2 is 1.61 bits per heavy atom. The molecule has 1 saturated heterocycles. The Morgan fingerprint density at radius 1 is 0.909 bits per heavy atom. The van der Waals surface area contributed by atoms with Crippen LogP contribution in [0.15, 0.2) is 76.6 Å². The van der Waals surface area contributed by atoms with E-state index in [9.17, 15) is 31.5 Å². The van der Waals surface area contributed by atoms with E-state index in [4.69, 9.17) is 5.73 Å². The Morgan fingerprint density at radius 3 is 2.27 bits per heavy atom. The quantitative estimate of drug-likeness (QED) is 0.301. The molecule has 232 valence electrons. The predicted molar refractivity (Wildman–Crippen MR) is 155 cm³/mol. The van der Waals surface area contributed by atoms with Gasteiger partial charge in [0.15, 0.2) is 0 Å². The molecule has 13 heteroatoms. The average Bonchev–Trinajstić information content (AvgIpc) is 2.99. The summed E-state index contributed by atoms with van der Waals surface area (Å²) in [6, 6.07) is 12.0. The summed E-state index contributed by atoms with van der Waals surface area (Å²) < 4.78 is 72.0.